The zero-order valence-corrected chi connectivity index (χ0v) is 17.4. The Hall–Kier alpha value is -2.06. The van der Waals surface area contributed by atoms with E-state index in [1.807, 2.05) is 6.07 Å². The summed E-state index contributed by atoms with van der Waals surface area (Å²) in [6.45, 7) is 4.09. The molecule has 2 aromatic carbocycles. The molecule has 0 heterocycles. The van der Waals surface area contributed by atoms with Crippen LogP contribution in [0.4, 0.5) is 13.2 Å². The fourth-order valence-electron chi connectivity index (χ4n) is 3.85. The predicted octanol–water partition coefficient (Wildman–Crippen LogP) is 4.39. The predicted molar refractivity (Wildman–Crippen MR) is 105 cm³/mol. The lowest BCUT2D eigenvalue weighted by Crippen LogP contribution is -2.49. The van der Waals surface area contributed by atoms with Gasteiger partial charge in [-0.15, -0.1) is 0 Å². The molecule has 8 heteroatoms. The molecule has 0 amide bonds. The SMILES string of the molecule is Cc1cc(C)c(S(=O)(=O)NC(COc2ccc3c(c2)CCC3)C(F)(F)F)c(C)c1. The van der Waals surface area contributed by atoms with Crippen LogP contribution in [0, 0.1) is 20.8 Å². The van der Waals surface area contributed by atoms with E-state index < -0.39 is 28.8 Å². The first-order chi connectivity index (χ1) is 13.5. The summed E-state index contributed by atoms with van der Waals surface area (Å²) in [6, 6.07) is 6.11. The van der Waals surface area contributed by atoms with Crippen LogP contribution in [0.1, 0.15) is 34.2 Å². The molecule has 158 valence electrons. The fourth-order valence-corrected chi connectivity index (χ4v) is 5.51. The number of hydrogen-bond acceptors (Lipinski definition) is 3. The highest BCUT2D eigenvalue weighted by molar-refractivity contribution is 7.89. The second-order valence-electron chi connectivity index (χ2n) is 7.54. The summed E-state index contributed by atoms with van der Waals surface area (Å²) in [4.78, 5) is -0.130. The van der Waals surface area contributed by atoms with Crippen LogP contribution in [0.3, 0.4) is 0 Å². The Morgan fingerprint density at radius 3 is 2.28 bits per heavy atom. The molecule has 29 heavy (non-hydrogen) atoms. The molecule has 1 unspecified atom stereocenters. The number of benzene rings is 2. The molecule has 0 saturated heterocycles. The van der Waals surface area contributed by atoms with E-state index in [0.29, 0.717) is 16.9 Å². The number of fused-ring (bicyclic) bond motifs is 1. The molecule has 0 spiro atoms. The Balaban J connectivity index is 1.81. The number of halogens is 3. The third-order valence-electron chi connectivity index (χ3n) is 5.05. The van der Waals surface area contributed by atoms with Crippen LogP contribution in [-0.4, -0.2) is 27.2 Å². The van der Waals surface area contributed by atoms with Crippen molar-refractivity contribution in [2.45, 2.75) is 57.1 Å². The normalized spacial score (nSPS) is 15.2. The van der Waals surface area contributed by atoms with Gasteiger partial charge in [0.05, 0.1) is 4.90 Å². The summed E-state index contributed by atoms with van der Waals surface area (Å²) in [7, 11) is -4.38. The third kappa shape index (κ3) is 4.93. The highest BCUT2D eigenvalue weighted by atomic mass is 32.2. The first-order valence-electron chi connectivity index (χ1n) is 9.39. The number of rotatable bonds is 6. The maximum Gasteiger partial charge on any atom is 0.408 e. The van der Waals surface area contributed by atoms with Gasteiger partial charge in [-0.2, -0.15) is 17.9 Å². The van der Waals surface area contributed by atoms with Crippen LogP contribution in [0.15, 0.2) is 35.2 Å². The molecule has 0 radical (unpaired) electrons. The number of alkyl halides is 3. The van der Waals surface area contributed by atoms with Gasteiger partial charge >= 0.3 is 6.18 Å². The zero-order chi connectivity index (χ0) is 21.4. The number of ether oxygens (including phenoxy) is 1. The molecule has 1 atom stereocenters. The van der Waals surface area contributed by atoms with Gasteiger partial charge in [0.1, 0.15) is 12.4 Å². The zero-order valence-electron chi connectivity index (χ0n) is 16.6. The van der Waals surface area contributed by atoms with E-state index in [0.717, 1.165) is 30.4 Å². The molecule has 0 fully saturated rings. The maximum atomic E-state index is 13.5. The fraction of sp³-hybridized carbons (Fsp3) is 0.429. The minimum atomic E-state index is -4.80. The van der Waals surface area contributed by atoms with E-state index in [4.69, 9.17) is 4.74 Å². The molecule has 0 saturated carbocycles. The van der Waals surface area contributed by atoms with Crippen LogP contribution in [0.5, 0.6) is 5.75 Å². The van der Waals surface area contributed by atoms with Crippen molar-refractivity contribution in [3.05, 3.63) is 58.1 Å². The Bertz CT molecular complexity index is 993. The largest absolute Gasteiger partial charge is 0.492 e. The van der Waals surface area contributed by atoms with Crippen LogP contribution in [-0.2, 0) is 22.9 Å². The molecule has 0 aliphatic heterocycles. The first kappa shape index (κ1) is 21.6. The van der Waals surface area contributed by atoms with Crippen molar-refractivity contribution in [3.8, 4) is 5.75 Å². The van der Waals surface area contributed by atoms with Crippen molar-refractivity contribution in [1.82, 2.24) is 4.72 Å². The van der Waals surface area contributed by atoms with Crippen LogP contribution >= 0.6 is 0 Å². The summed E-state index contributed by atoms with van der Waals surface area (Å²) in [5, 5.41) is 0. The minimum Gasteiger partial charge on any atom is -0.492 e. The van der Waals surface area contributed by atoms with E-state index in [9.17, 15) is 21.6 Å². The van der Waals surface area contributed by atoms with Crippen molar-refractivity contribution >= 4 is 10.0 Å². The average Bonchev–Trinajstić information content (AvgIpc) is 3.04. The lowest BCUT2D eigenvalue weighted by molar-refractivity contribution is -0.157. The van der Waals surface area contributed by atoms with Crippen LogP contribution in [0.25, 0.3) is 0 Å². The van der Waals surface area contributed by atoms with E-state index >= 15 is 0 Å². The van der Waals surface area contributed by atoms with Crippen molar-refractivity contribution in [1.29, 1.82) is 0 Å². The number of aryl methyl sites for hydroxylation is 5. The van der Waals surface area contributed by atoms with Gasteiger partial charge < -0.3 is 4.74 Å². The van der Waals surface area contributed by atoms with Gasteiger partial charge in [-0.25, -0.2) is 8.42 Å². The quantitative estimate of drug-likeness (QED) is 0.744. The Kier molecular flexibility index (Phi) is 5.96. The minimum absolute atomic E-state index is 0.130. The second kappa shape index (κ2) is 7.99. The lowest BCUT2D eigenvalue weighted by Gasteiger charge is -2.23. The van der Waals surface area contributed by atoms with Crippen molar-refractivity contribution < 1.29 is 26.3 Å². The van der Waals surface area contributed by atoms with Gasteiger partial charge in [0.15, 0.2) is 6.04 Å². The lowest BCUT2D eigenvalue weighted by atomic mass is 10.1. The Labute approximate surface area is 169 Å². The van der Waals surface area contributed by atoms with E-state index in [1.54, 1.807) is 49.8 Å². The first-order valence-corrected chi connectivity index (χ1v) is 10.9. The molecule has 2 aromatic rings. The van der Waals surface area contributed by atoms with Gasteiger partial charge in [0.2, 0.25) is 10.0 Å². The molecular weight excluding hydrogens is 403 g/mol. The molecule has 1 aliphatic carbocycles. The molecule has 0 bridgehead atoms. The molecule has 3 rings (SSSR count). The van der Waals surface area contributed by atoms with Gasteiger partial charge in [-0.3, -0.25) is 0 Å². The summed E-state index contributed by atoms with van der Waals surface area (Å²) in [5.41, 5.74) is 3.88. The molecule has 4 nitrogen and oxygen atoms in total. The average molecular weight is 427 g/mol. The van der Waals surface area contributed by atoms with Gasteiger partial charge in [0.25, 0.3) is 0 Å². The smallest absolute Gasteiger partial charge is 0.408 e. The summed E-state index contributed by atoms with van der Waals surface area (Å²) in [5.74, 6) is 0.307. The summed E-state index contributed by atoms with van der Waals surface area (Å²) >= 11 is 0. The highest BCUT2D eigenvalue weighted by Gasteiger charge is 2.43. The summed E-state index contributed by atoms with van der Waals surface area (Å²) in [6.07, 6.45) is -1.96. The van der Waals surface area contributed by atoms with Crippen molar-refractivity contribution in [2.75, 3.05) is 6.61 Å². The second-order valence-corrected chi connectivity index (χ2v) is 9.19. The van der Waals surface area contributed by atoms with Crippen LogP contribution < -0.4 is 9.46 Å². The van der Waals surface area contributed by atoms with Gasteiger partial charge in [-0.1, -0.05) is 23.8 Å². The Morgan fingerprint density at radius 2 is 1.66 bits per heavy atom. The third-order valence-corrected chi connectivity index (χ3v) is 6.83. The number of nitrogens with one attached hydrogen (secondary N) is 1. The van der Waals surface area contributed by atoms with Crippen LogP contribution in [0.2, 0.25) is 0 Å². The monoisotopic (exact) mass is 427 g/mol. The topological polar surface area (TPSA) is 55.4 Å². The molecule has 0 aromatic heterocycles. The number of sulfonamides is 1. The van der Waals surface area contributed by atoms with E-state index in [1.165, 1.54) is 5.56 Å². The Morgan fingerprint density at radius 1 is 1.03 bits per heavy atom. The van der Waals surface area contributed by atoms with E-state index in [-0.39, 0.29) is 4.90 Å². The van der Waals surface area contributed by atoms with Crippen molar-refractivity contribution in [3.63, 3.8) is 0 Å². The van der Waals surface area contributed by atoms with E-state index in [2.05, 4.69) is 0 Å². The van der Waals surface area contributed by atoms with Crippen molar-refractivity contribution in [2.24, 2.45) is 0 Å². The van der Waals surface area contributed by atoms with Gasteiger partial charge in [0, 0.05) is 0 Å². The molecule has 1 N–H and O–H groups in total. The summed E-state index contributed by atoms with van der Waals surface area (Å²) < 4.78 is 73.3. The highest BCUT2D eigenvalue weighted by Crippen LogP contribution is 2.28. The molecular formula is C21H24F3NO3S. The molecule has 1 aliphatic rings. The van der Waals surface area contributed by atoms with Gasteiger partial charge in [-0.05, 0) is 74.4 Å². The number of hydrogen-bond donors (Lipinski definition) is 1. The maximum absolute atomic E-state index is 13.5. The standard InChI is InChI=1S/C21H24F3NO3S/c1-13-9-14(2)20(15(3)10-13)29(26,27)25-19(21(22,23)24)12-28-18-8-7-16-5-4-6-17(16)11-18/h7-11,19,25H,4-6,12H2,1-3H3.